The Balaban J connectivity index is 3.69. The van der Waals surface area contributed by atoms with Crippen molar-refractivity contribution >= 4 is 11.9 Å². The lowest BCUT2D eigenvalue weighted by Gasteiger charge is -2.17. The zero-order chi connectivity index (χ0) is 33.6. The molecule has 4 heteroatoms. The summed E-state index contributed by atoms with van der Waals surface area (Å²) in [6.07, 6.45) is 46.6. The fourth-order valence-corrected chi connectivity index (χ4v) is 6.41. The van der Waals surface area contributed by atoms with E-state index in [4.69, 9.17) is 9.84 Å². The Morgan fingerprint density at radius 1 is 0.457 bits per heavy atom. The Morgan fingerprint density at radius 2 is 0.804 bits per heavy atom. The van der Waals surface area contributed by atoms with E-state index in [1.54, 1.807) is 0 Å². The van der Waals surface area contributed by atoms with Gasteiger partial charge in [-0.1, -0.05) is 187 Å². The molecule has 0 aliphatic heterocycles. The van der Waals surface area contributed by atoms with Crippen LogP contribution in [0.5, 0.6) is 0 Å². The van der Waals surface area contributed by atoms with Crippen LogP contribution >= 0.6 is 0 Å². The van der Waals surface area contributed by atoms with Crippen molar-refractivity contribution in [2.75, 3.05) is 0 Å². The number of rotatable bonds is 38. The van der Waals surface area contributed by atoms with Crippen LogP contribution in [0.2, 0.25) is 0 Å². The molecule has 0 aliphatic carbocycles. The molecule has 0 radical (unpaired) electrons. The van der Waals surface area contributed by atoms with Gasteiger partial charge in [0.25, 0.3) is 0 Å². The van der Waals surface area contributed by atoms with Crippen molar-refractivity contribution in [2.24, 2.45) is 0 Å². The van der Waals surface area contributed by atoms with Crippen molar-refractivity contribution in [1.82, 2.24) is 0 Å². The van der Waals surface area contributed by atoms with Gasteiger partial charge in [-0.15, -0.1) is 0 Å². The number of allylic oxidation sites excluding steroid dienone is 2. The first-order valence-corrected chi connectivity index (χ1v) is 20.7. The van der Waals surface area contributed by atoms with Gasteiger partial charge in [0.15, 0.2) is 0 Å². The van der Waals surface area contributed by atoms with E-state index in [2.05, 4.69) is 26.0 Å². The average molecular weight is 649 g/mol. The van der Waals surface area contributed by atoms with E-state index in [0.717, 1.165) is 32.1 Å². The molecule has 0 saturated heterocycles. The second-order valence-electron chi connectivity index (χ2n) is 14.2. The number of carboxylic acid groups (broad SMARTS) is 1. The maximum atomic E-state index is 12.5. The van der Waals surface area contributed by atoms with Crippen molar-refractivity contribution in [2.45, 2.75) is 245 Å². The van der Waals surface area contributed by atoms with Gasteiger partial charge >= 0.3 is 11.9 Å². The van der Waals surface area contributed by atoms with E-state index in [0.29, 0.717) is 12.8 Å². The normalized spacial score (nSPS) is 12.2. The molecule has 1 unspecified atom stereocenters. The number of ether oxygens (including phenoxy) is 1. The average Bonchev–Trinajstić information content (AvgIpc) is 3.04. The summed E-state index contributed by atoms with van der Waals surface area (Å²) in [5.74, 6) is -0.947. The topological polar surface area (TPSA) is 63.6 Å². The van der Waals surface area contributed by atoms with Crippen molar-refractivity contribution in [3.8, 4) is 0 Å². The van der Waals surface area contributed by atoms with Crippen LogP contribution in [0.4, 0.5) is 0 Å². The van der Waals surface area contributed by atoms with Crippen molar-refractivity contribution in [3.63, 3.8) is 0 Å². The predicted molar refractivity (Wildman–Crippen MR) is 200 cm³/mol. The molecule has 0 saturated carbocycles. The van der Waals surface area contributed by atoms with Crippen LogP contribution in [0.25, 0.3) is 0 Å². The molecule has 0 rings (SSSR count). The lowest BCUT2D eigenvalue weighted by Crippen LogP contribution is -2.19. The van der Waals surface area contributed by atoms with Crippen molar-refractivity contribution in [1.29, 1.82) is 0 Å². The molecule has 0 fully saturated rings. The summed E-state index contributed by atoms with van der Waals surface area (Å²) in [4.78, 5) is 23.6. The first-order valence-electron chi connectivity index (χ1n) is 20.7. The highest BCUT2D eigenvalue weighted by atomic mass is 16.5. The molecule has 0 bridgehead atoms. The Morgan fingerprint density at radius 3 is 1.20 bits per heavy atom. The summed E-state index contributed by atoms with van der Waals surface area (Å²) in [5, 5.41) is 9.13. The van der Waals surface area contributed by atoms with Gasteiger partial charge in [0.2, 0.25) is 0 Å². The largest absolute Gasteiger partial charge is 0.481 e. The Kier molecular flexibility index (Phi) is 37.0. The van der Waals surface area contributed by atoms with E-state index in [1.165, 1.54) is 173 Å². The van der Waals surface area contributed by atoms with Crippen LogP contribution in [0.3, 0.4) is 0 Å². The van der Waals surface area contributed by atoms with Gasteiger partial charge in [-0.2, -0.15) is 0 Å². The van der Waals surface area contributed by atoms with E-state index < -0.39 is 5.97 Å². The van der Waals surface area contributed by atoms with E-state index in [-0.39, 0.29) is 18.5 Å². The summed E-state index contributed by atoms with van der Waals surface area (Å²) in [5.41, 5.74) is 0. The lowest BCUT2D eigenvalue weighted by atomic mass is 10.0. The summed E-state index contributed by atoms with van der Waals surface area (Å²) in [7, 11) is 0. The van der Waals surface area contributed by atoms with Crippen LogP contribution < -0.4 is 0 Å². The van der Waals surface area contributed by atoms with E-state index in [1.807, 2.05) is 0 Å². The summed E-state index contributed by atoms with van der Waals surface area (Å²) in [6, 6.07) is 0. The third kappa shape index (κ3) is 37.1. The number of aliphatic carboxylic acids is 1. The minimum absolute atomic E-state index is 0.0751. The minimum atomic E-state index is -0.808. The molecular formula is C42H80O4. The number of unbranched alkanes of at least 4 members (excludes halogenated alkanes) is 28. The second-order valence-corrected chi connectivity index (χ2v) is 14.2. The highest BCUT2D eigenvalue weighted by Crippen LogP contribution is 2.18. The van der Waals surface area contributed by atoms with Gasteiger partial charge in [-0.3, -0.25) is 9.59 Å². The maximum absolute atomic E-state index is 12.5. The minimum Gasteiger partial charge on any atom is -0.481 e. The van der Waals surface area contributed by atoms with Gasteiger partial charge in [0.05, 0.1) is 0 Å². The van der Waals surface area contributed by atoms with Gasteiger partial charge in [-0.25, -0.2) is 0 Å². The number of hydrogen-bond acceptors (Lipinski definition) is 3. The molecule has 0 heterocycles. The number of carbonyl (C=O) groups is 2. The van der Waals surface area contributed by atoms with E-state index in [9.17, 15) is 9.59 Å². The lowest BCUT2D eigenvalue weighted by molar-refractivity contribution is -0.151. The number of esters is 1. The van der Waals surface area contributed by atoms with Crippen LogP contribution in [-0.2, 0) is 14.3 Å². The standard InChI is InChI=1S/C42H80O4/c1-3-5-7-9-11-13-15-17-19-21-23-25-27-29-31-33-35-37-42(45)46-40(38-39-41(43)44)36-34-32-30-28-26-24-22-20-18-16-14-12-10-8-6-4-2/h17,19,40H,3-16,18,20-39H2,1-2H3,(H,43,44)/b19-17-. The Bertz CT molecular complexity index is 658. The van der Waals surface area contributed by atoms with Crippen LogP contribution in [0.1, 0.15) is 239 Å². The Labute approximate surface area is 287 Å². The summed E-state index contributed by atoms with van der Waals surface area (Å²) in [6.45, 7) is 4.55. The van der Waals surface area contributed by atoms with Gasteiger partial charge in [0, 0.05) is 12.8 Å². The van der Waals surface area contributed by atoms with E-state index >= 15 is 0 Å². The molecule has 1 N–H and O–H groups in total. The number of carboxylic acids is 1. The van der Waals surface area contributed by atoms with Crippen LogP contribution in [0.15, 0.2) is 12.2 Å². The molecule has 4 nitrogen and oxygen atoms in total. The Hall–Kier alpha value is -1.32. The first-order chi connectivity index (χ1) is 22.6. The fourth-order valence-electron chi connectivity index (χ4n) is 6.41. The SMILES string of the molecule is CCCCCCCC/C=C\CCCCCCCCCC(=O)OC(CCCCCCCCCCCCCCCCCC)CCC(=O)O. The molecule has 0 amide bonds. The quantitative estimate of drug-likeness (QED) is 0.0411. The smallest absolute Gasteiger partial charge is 0.306 e. The molecule has 46 heavy (non-hydrogen) atoms. The van der Waals surface area contributed by atoms with Crippen molar-refractivity contribution < 1.29 is 19.4 Å². The van der Waals surface area contributed by atoms with Gasteiger partial charge < -0.3 is 9.84 Å². The highest BCUT2D eigenvalue weighted by molar-refractivity contribution is 5.69. The molecule has 0 spiro atoms. The third-order valence-corrected chi connectivity index (χ3v) is 9.50. The maximum Gasteiger partial charge on any atom is 0.306 e. The molecular weight excluding hydrogens is 568 g/mol. The monoisotopic (exact) mass is 649 g/mol. The van der Waals surface area contributed by atoms with Crippen LogP contribution in [0, 0.1) is 0 Å². The zero-order valence-electron chi connectivity index (χ0n) is 31.2. The highest BCUT2D eigenvalue weighted by Gasteiger charge is 2.16. The van der Waals surface area contributed by atoms with Gasteiger partial charge in [-0.05, 0) is 51.4 Å². The summed E-state index contributed by atoms with van der Waals surface area (Å²) < 4.78 is 5.75. The fraction of sp³-hybridized carbons (Fsp3) is 0.905. The molecule has 0 aliphatic rings. The third-order valence-electron chi connectivity index (χ3n) is 9.50. The molecule has 0 aromatic heterocycles. The van der Waals surface area contributed by atoms with Crippen molar-refractivity contribution in [3.05, 3.63) is 12.2 Å². The molecule has 272 valence electrons. The molecule has 1 atom stereocenters. The zero-order valence-corrected chi connectivity index (χ0v) is 31.2. The molecule has 0 aromatic rings. The first kappa shape index (κ1) is 44.7. The number of hydrogen-bond donors (Lipinski definition) is 1. The number of carbonyl (C=O) groups excluding carboxylic acids is 1. The molecule has 0 aromatic carbocycles. The van der Waals surface area contributed by atoms with Crippen LogP contribution in [-0.4, -0.2) is 23.1 Å². The predicted octanol–water partition coefficient (Wildman–Crippen LogP) is 14.2. The van der Waals surface area contributed by atoms with Gasteiger partial charge in [0.1, 0.15) is 6.10 Å². The summed E-state index contributed by atoms with van der Waals surface area (Å²) >= 11 is 0. The second kappa shape index (κ2) is 38.1.